The van der Waals surface area contributed by atoms with E-state index in [1.54, 1.807) is 0 Å². The fourth-order valence-electron chi connectivity index (χ4n) is 1.15. The summed E-state index contributed by atoms with van der Waals surface area (Å²) >= 11 is 0. The van der Waals surface area contributed by atoms with Gasteiger partial charge in [0, 0.05) is 13.0 Å². The lowest BCUT2D eigenvalue weighted by Gasteiger charge is -2.02. The highest BCUT2D eigenvalue weighted by Crippen LogP contribution is 2.01. The molecule has 6 nitrogen and oxygen atoms in total. The summed E-state index contributed by atoms with van der Waals surface area (Å²) in [5, 5.41) is 24.6. The zero-order valence-electron chi connectivity index (χ0n) is 7.76. The molecule has 0 unspecified atom stereocenters. The lowest BCUT2D eigenvalue weighted by molar-refractivity contribution is -0.137. The molecule has 0 amide bonds. The summed E-state index contributed by atoms with van der Waals surface area (Å²) in [5.74, 6) is -0.256. The molecule has 14 heavy (non-hydrogen) atoms. The lowest BCUT2D eigenvalue weighted by Crippen LogP contribution is -2.11. The van der Waals surface area contributed by atoms with E-state index < -0.39 is 5.97 Å². The predicted octanol–water partition coefficient (Wildman–Crippen LogP) is -0.322. The van der Waals surface area contributed by atoms with E-state index in [1.807, 2.05) is 0 Å². The van der Waals surface area contributed by atoms with Gasteiger partial charge in [-0.1, -0.05) is 0 Å². The van der Waals surface area contributed by atoms with E-state index in [2.05, 4.69) is 10.2 Å². The fraction of sp³-hybridized carbons (Fsp3) is 0.625. The van der Waals surface area contributed by atoms with Gasteiger partial charge in [-0.2, -0.15) is 0 Å². The quantitative estimate of drug-likeness (QED) is 0.613. The second-order valence-electron chi connectivity index (χ2n) is 2.95. The highest BCUT2D eigenvalue weighted by atomic mass is 16.4. The predicted molar refractivity (Wildman–Crippen MR) is 47.7 cm³/mol. The topological polar surface area (TPSA) is 88.2 Å². The van der Waals surface area contributed by atoms with E-state index in [-0.39, 0.29) is 13.2 Å². The van der Waals surface area contributed by atoms with Crippen LogP contribution in [-0.2, 0) is 17.8 Å². The third-order valence-corrected chi connectivity index (χ3v) is 1.81. The van der Waals surface area contributed by atoms with E-state index in [9.17, 15) is 4.79 Å². The van der Waals surface area contributed by atoms with Crippen molar-refractivity contribution < 1.29 is 15.0 Å². The van der Waals surface area contributed by atoms with Crippen LogP contribution in [0.4, 0.5) is 0 Å². The van der Waals surface area contributed by atoms with Crippen molar-refractivity contribution >= 4 is 5.97 Å². The van der Waals surface area contributed by atoms with Crippen molar-refractivity contribution in [2.24, 2.45) is 0 Å². The van der Waals surface area contributed by atoms with E-state index in [4.69, 9.17) is 10.2 Å². The zero-order chi connectivity index (χ0) is 10.4. The third kappa shape index (κ3) is 3.14. The number of aryl methyl sites for hydroxylation is 1. The molecule has 0 saturated carbocycles. The molecule has 0 aliphatic carbocycles. The summed E-state index contributed by atoms with van der Waals surface area (Å²) in [7, 11) is 0. The molecule has 0 atom stereocenters. The molecular weight excluding hydrogens is 186 g/mol. The molecule has 1 aromatic heterocycles. The van der Waals surface area contributed by atoms with Crippen LogP contribution >= 0.6 is 0 Å². The minimum atomic E-state index is -0.909. The van der Waals surface area contributed by atoms with Crippen LogP contribution in [0.2, 0.25) is 0 Å². The maximum absolute atomic E-state index is 10.4. The summed E-state index contributed by atoms with van der Waals surface area (Å²) < 4.78 is 1.50. The normalized spacial score (nSPS) is 10.4. The molecule has 1 aromatic rings. The molecule has 0 aliphatic rings. The first-order valence-electron chi connectivity index (χ1n) is 4.43. The summed E-state index contributed by atoms with van der Waals surface area (Å²) in [6.07, 6.45) is 3.53. The van der Waals surface area contributed by atoms with E-state index in [1.165, 1.54) is 10.9 Å². The fourth-order valence-corrected chi connectivity index (χ4v) is 1.15. The number of hydrogen-bond donors (Lipinski definition) is 2. The highest BCUT2D eigenvalue weighted by molar-refractivity contribution is 5.66. The van der Waals surface area contributed by atoms with Crippen molar-refractivity contribution in [3.05, 3.63) is 12.2 Å². The number of aliphatic carboxylic acids is 1. The van der Waals surface area contributed by atoms with Gasteiger partial charge in [-0.3, -0.25) is 4.79 Å². The van der Waals surface area contributed by atoms with Crippen molar-refractivity contribution in [1.29, 1.82) is 0 Å². The van der Waals surface area contributed by atoms with Gasteiger partial charge in [0.25, 0.3) is 0 Å². The number of carboxylic acids is 1. The first-order chi connectivity index (χ1) is 6.74. The standard InChI is InChI=1S/C8H13N3O3/c12-4-2-1-3-7-10-9-6-11(7)5-8(13)14/h6,12H,1-5H2,(H,13,14). The second kappa shape index (κ2) is 5.33. The minimum Gasteiger partial charge on any atom is -0.480 e. The van der Waals surface area contributed by atoms with Gasteiger partial charge in [0.2, 0.25) is 0 Å². The van der Waals surface area contributed by atoms with Crippen LogP contribution in [0.15, 0.2) is 6.33 Å². The van der Waals surface area contributed by atoms with Gasteiger partial charge in [-0.25, -0.2) is 0 Å². The number of aliphatic hydroxyl groups is 1. The molecule has 1 heterocycles. The average Bonchev–Trinajstić information content (AvgIpc) is 2.52. The number of aliphatic hydroxyl groups excluding tert-OH is 1. The largest absolute Gasteiger partial charge is 0.480 e. The Kier molecular flexibility index (Phi) is 4.06. The van der Waals surface area contributed by atoms with Gasteiger partial charge in [-0.05, 0) is 12.8 Å². The Hall–Kier alpha value is -1.43. The number of nitrogens with zero attached hydrogens (tertiary/aromatic N) is 3. The Balaban J connectivity index is 2.49. The number of aromatic nitrogens is 3. The van der Waals surface area contributed by atoms with E-state index in [0.717, 1.165) is 6.42 Å². The molecule has 0 bridgehead atoms. The third-order valence-electron chi connectivity index (χ3n) is 1.81. The van der Waals surface area contributed by atoms with Gasteiger partial charge in [0.1, 0.15) is 18.7 Å². The molecule has 0 spiro atoms. The molecule has 6 heteroatoms. The Morgan fingerprint density at radius 3 is 2.93 bits per heavy atom. The van der Waals surface area contributed by atoms with Crippen LogP contribution in [-0.4, -0.2) is 37.6 Å². The van der Waals surface area contributed by atoms with E-state index >= 15 is 0 Å². The van der Waals surface area contributed by atoms with Crippen molar-refractivity contribution in [3.8, 4) is 0 Å². The highest BCUT2D eigenvalue weighted by Gasteiger charge is 2.06. The van der Waals surface area contributed by atoms with Crippen molar-refractivity contribution in [3.63, 3.8) is 0 Å². The van der Waals surface area contributed by atoms with Gasteiger partial charge >= 0.3 is 5.97 Å². The van der Waals surface area contributed by atoms with Gasteiger partial charge in [0.15, 0.2) is 0 Å². The molecule has 0 aromatic carbocycles. The molecule has 0 aliphatic heterocycles. The Morgan fingerprint density at radius 1 is 1.50 bits per heavy atom. The first-order valence-corrected chi connectivity index (χ1v) is 4.43. The lowest BCUT2D eigenvalue weighted by atomic mass is 10.2. The van der Waals surface area contributed by atoms with Crippen LogP contribution < -0.4 is 0 Å². The van der Waals surface area contributed by atoms with Crippen molar-refractivity contribution in [2.45, 2.75) is 25.8 Å². The Bertz CT molecular complexity index is 298. The van der Waals surface area contributed by atoms with Crippen molar-refractivity contribution in [2.75, 3.05) is 6.61 Å². The maximum Gasteiger partial charge on any atom is 0.323 e. The van der Waals surface area contributed by atoms with Crippen LogP contribution in [0.3, 0.4) is 0 Å². The smallest absolute Gasteiger partial charge is 0.323 e. The summed E-state index contributed by atoms with van der Waals surface area (Å²) in [4.78, 5) is 10.4. The summed E-state index contributed by atoms with van der Waals surface area (Å²) in [6.45, 7) is 0.0362. The molecule has 2 N–H and O–H groups in total. The van der Waals surface area contributed by atoms with Gasteiger partial charge in [0.05, 0.1) is 0 Å². The number of carboxylic acid groups (broad SMARTS) is 1. The van der Waals surface area contributed by atoms with Crippen LogP contribution in [0.1, 0.15) is 18.7 Å². The first kappa shape index (κ1) is 10.6. The van der Waals surface area contributed by atoms with Crippen LogP contribution in [0, 0.1) is 0 Å². The Morgan fingerprint density at radius 2 is 2.29 bits per heavy atom. The number of hydrogen-bond acceptors (Lipinski definition) is 4. The molecule has 0 saturated heterocycles. The van der Waals surface area contributed by atoms with Crippen LogP contribution in [0.5, 0.6) is 0 Å². The Labute approximate surface area is 81.2 Å². The van der Waals surface area contributed by atoms with Gasteiger partial charge in [-0.15, -0.1) is 10.2 Å². The maximum atomic E-state index is 10.4. The molecule has 0 radical (unpaired) electrons. The zero-order valence-corrected chi connectivity index (χ0v) is 7.76. The summed E-state index contributed by atoms with van der Waals surface area (Å²) in [6, 6.07) is 0. The van der Waals surface area contributed by atoms with Crippen molar-refractivity contribution in [1.82, 2.24) is 14.8 Å². The average molecular weight is 199 g/mol. The molecular formula is C8H13N3O3. The minimum absolute atomic E-state index is 0.110. The second-order valence-corrected chi connectivity index (χ2v) is 2.95. The SMILES string of the molecule is O=C(O)Cn1cnnc1CCCCO. The monoisotopic (exact) mass is 199 g/mol. The molecule has 0 fully saturated rings. The van der Waals surface area contributed by atoms with Gasteiger partial charge < -0.3 is 14.8 Å². The summed E-state index contributed by atoms with van der Waals surface area (Å²) in [5.41, 5.74) is 0. The van der Waals surface area contributed by atoms with E-state index in [0.29, 0.717) is 18.7 Å². The number of rotatable bonds is 6. The molecule has 1 rings (SSSR count). The van der Waals surface area contributed by atoms with Crippen LogP contribution in [0.25, 0.3) is 0 Å². The molecule has 78 valence electrons. The number of unbranched alkanes of at least 4 members (excludes halogenated alkanes) is 1. The number of carbonyl (C=O) groups is 1.